The average molecular weight is 389 g/mol. The van der Waals surface area contributed by atoms with Crippen molar-refractivity contribution >= 4 is 5.91 Å². The number of carbonyl (C=O) groups is 1. The zero-order chi connectivity index (χ0) is 20.3. The summed E-state index contributed by atoms with van der Waals surface area (Å²) in [5.41, 5.74) is 3.44. The minimum atomic E-state index is -0.512. The van der Waals surface area contributed by atoms with Gasteiger partial charge >= 0.3 is 0 Å². The van der Waals surface area contributed by atoms with E-state index in [1.54, 1.807) is 25.2 Å². The number of hydrogen-bond acceptors (Lipinski definition) is 6. The summed E-state index contributed by atoms with van der Waals surface area (Å²) in [7, 11) is 3.14. The van der Waals surface area contributed by atoms with Gasteiger partial charge in [0, 0.05) is 17.8 Å². The van der Waals surface area contributed by atoms with E-state index in [1.165, 1.54) is 0 Å². The lowest BCUT2D eigenvalue weighted by atomic mass is 9.96. The van der Waals surface area contributed by atoms with Crippen LogP contribution < -0.4 is 9.47 Å². The van der Waals surface area contributed by atoms with Crippen LogP contribution in [0.3, 0.4) is 0 Å². The lowest BCUT2D eigenvalue weighted by Crippen LogP contribution is -2.50. The number of methoxy groups -OCH3 is 2. The summed E-state index contributed by atoms with van der Waals surface area (Å²) in [4.78, 5) is 15.0. The van der Waals surface area contributed by atoms with Crippen LogP contribution in [0.25, 0.3) is 0 Å². The van der Waals surface area contributed by atoms with E-state index in [4.69, 9.17) is 14.2 Å². The molecule has 152 valence electrons. The van der Waals surface area contributed by atoms with Crippen LogP contribution in [-0.4, -0.2) is 66.2 Å². The molecule has 8 heteroatoms. The number of H-pyrrole nitrogens is 1. The van der Waals surface area contributed by atoms with Crippen LogP contribution in [0.5, 0.6) is 11.5 Å². The lowest BCUT2D eigenvalue weighted by molar-refractivity contribution is -0.149. The molecule has 1 aliphatic heterocycles. The number of carbonyl (C=O) groups excluding carboxylic acids is 1. The maximum absolute atomic E-state index is 13.2. The Morgan fingerprint density at radius 1 is 1.32 bits per heavy atom. The molecule has 0 bridgehead atoms. The van der Waals surface area contributed by atoms with E-state index in [2.05, 4.69) is 10.2 Å². The standard InChI is InChI=1S/C20H27N3O5/c1-12-15(13(2)22-21-12)10-19(25)23-7-8-28-18(11-24)20(23)14-5-6-16(26-3)17(9-14)27-4/h5-6,9,18,20,24H,7-8,10-11H2,1-4H3,(H,21,22)/t18-,20-/m1/s1. The van der Waals surface area contributed by atoms with E-state index in [0.29, 0.717) is 24.7 Å². The molecule has 1 aliphatic rings. The van der Waals surface area contributed by atoms with E-state index >= 15 is 0 Å². The number of amides is 1. The fourth-order valence-electron chi connectivity index (χ4n) is 3.68. The topological polar surface area (TPSA) is 96.9 Å². The Balaban J connectivity index is 1.93. The van der Waals surface area contributed by atoms with Crippen molar-refractivity contribution in [3.63, 3.8) is 0 Å². The SMILES string of the molecule is COc1ccc([C@@H]2[C@@H](CO)OCCN2C(=O)Cc2c(C)n[nH]c2C)cc1OC. The molecule has 1 aromatic heterocycles. The summed E-state index contributed by atoms with van der Waals surface area (Å²) in [5, 5.41) is 17.0. The van der Waals surface area contributed by atoms with Gasteiger partial charge in [-0.1, -0.05) is 6.07 Å². The van der Waals surface area contributed by atoms with E-state index in [0.717, 1.165) is 22.5 Å². The number of hydrogen-bond donors (Lipinski definition) is 2. The molecular formula is C20H27N3O5. The highest BCUT2D eigenvalue weighted by atomic mass is 16.5. The van der Waals surface area contributed by atoms with Gasteiger partial charge in [0.15, 0.2) is 11.5 Å². The Kier molecular flexibility index (Phi) is 6.21. The third kappa shape index (κ3) is 3.83. The number of nitrogens with zero attached hydrogens (tertiary/aromatic N) is 2. The number of nitrogens with one attached hydrogen (secondary N) is 1. The summed E-state index contributed by atoms with van der Waals surface area (Å²) < 4.78 is 16.5. The number of benzene rings is 1. The fourth-order valence-corrected chi connectivity index (χ4v) is 3.68. The van der Waals surface area contributed by atoms with Gasteiger partial charge in [0.05, 0.1) is 45.6 Å². The molecule has 1 amide bonds. The van der Waals surface area contributed by atoms with Gasteiger partial charge in [-0.15, -0.1) is 0 Å². The molecule has 0 spiro atoms. The number of rotatable bonds is 6. The normalized spacial score (nSPS) is 19.5. The number of aryl methyl sites for hydroxylation is 2. The maximum atomic E-state index is 13.2. The van der Waals surface area contributed by atoms with E-state index in [9.17, 15) is 9.90 Å². The molecular weight excluding hydrogens is 362 g/mol. The highest BCUT2D eigenvalue weighted by molar-refractivity contribution is 5.80. The van der Waals surface area contributed by atoms with Crippen LogP contribution in [0.15, 0.2) is 18.2 Å². The first-order chi connectivity index (χ1) is 13.5. The van der Waals surface area contributed by atoms with Gasteiger partial charge in [-0.3, -0.25) is 9.89 Å². The molecule has 0 unspecified atom stereocenters. The van der Waals surface area contributed by atoms with Gasteiger partial charge in [-0.05, 0) is 31.5 Å². The summed E-state index contributed by atoms with van der Waals surface area (Å²) in [6.07, 6.45) is -0.266. The van der Waals surface area contributed by atoms with Crippen molar-refractivity contribution in [2.24, 2.45) is 0 Å². The Morgan fingerprint density at radius 2 is 2.07 bits per heavy atom. The third-order valence-electron chi connectivity index (χ3n) is 5.21. The molecule has 28 heavy (non-hydrogen) atoms. The summed E-state index contributed by atoms with van der Waals surface area (Å²) in [5.74, 6) is 1.14. The molecule has 2 aromatic rings. The van der Waals surface area contributed by atoms with Gasteiger partial charge in [0.1, 0.15) is 6.10 Å². The zero-order valence-electron chi connectivity index (χ0n) is 16.7. The van der Waals surface area contributed by atoms with Crippen LogP contribution in [0.2, 0.25) is 0 Å². The summed E-state index contributed by atoms with van der Waals surface area (Å²) in [6.45, 7) is 4.43. The van der Waals surface area contributed by atoms with Gasteiger partial charge < -0.3 is 24.2 Å². The molecule has 2 N–H and O–H groups in total. The second kappa shape index (κ2) is 8.62. The Labute approximate surface area is 164 Å². The van der Waals surface area contributed by atoms with Gasteiger partial charge in [0.25, 0.3) is 0 Å². The quantitative estimate of drug-likeness (QED) is 0.778. The van der Waals surface area contributed by atoms with Crippen molar-refractivity contribution in [2.75, 3.05) is 34.0 Å². The largest absolute Gasteiger partial charge is 0.493 e. The number of ether oxygens (including phenoxy) is 3. The highest BCUT2D eigenvalue weighted by Gasteiger charge is 2.36. The first-order valence-corrected chi connectivity index (χ1v) is 9.24. The number of morpholine rings is 1. The van der Waals surface area contributed by atoms with Crippen molar-refractivity contribution in [2.45, 2.75) is 32.4 Å². The number of aromatic amines is 1. The Bertz CT molecular complexity index is 816. The van der Waals surface area contributed by atoms with E-state index in [-0.39, 0.29) is 18.9 Å². The van der Waals surface area contributed by atoms with Crippen molar-refractivity contribution in [3.05, 3.63) is 40.7 Å². The lowest BCUT2D eigenvalue weighted by Gasteiger charge is -2.41. The zero-order valence-corrected chi connectivity index (χ0v) is 16.7. The third-order valence-corrected chi connectivity index (χ3v) is 5.21. The number of aromatic nitrogens is 2. The van der Waals surface area contributed by atoms with Crippen LogP contribution >= 0.6 is 0 Å². The predicted molar refractivity (Wildman–Crippen MR) is 103 cm³/mol. The maximum Gasteiger partial charge on any atom is 0.227 e. The van der Waals surface area contributed by atoms with Crippen LogP contribution in [0.1, 0.15) is 28.6 Å². The van der Waals surface area contributed by atoms with Crippen molar-refractivity contribution in [1.29, 1.82) is 0 Å². The minimum absolute atomic E-state index is 0.0332. The van der Waals surface area contributed by atoms with E-state index in [1.807, 2.05) is 26.0 Å². The first-order valence-electron chi connectivity index (χ1n) is 9.24. The molecule has 1 saturated heterocycles. The fraction of sp³-hybridized carbons (Fsp3) is 0.500. The molecule has 3 rings (SSSR count). The number of aliphatic hydroxyl groups is 1. The van der Waals surface area contributed by atoms with Gasteiger partial charge in [-0.25, -0.2) is 0 Å². The molecule has 0 saturated carbocycles. The summed E-state index contributed by atoms with van der Waals surface area (Å²) in [6, 6.07) is 5.08. The average Bonchev–Trinajstić information content (AvgIpc) is 3.04. The molecule has 8 nitrogen and oxygen atoms in total. The predicted octanol–water partition coefficient (Wildman–Crippen LogP) is 1.55. The van der Waals surface area contributed by atoms with Crippen molar-refractivity contribution in [3.8, 4) is 11.5 Å². The minimum Gasteiger partial charge on any atom is -0.493 e. The number of aliphatic hydroxyl groups excluding tert-OH is 1. The Hall–Kier alpha value is -2.58. The van der Waals surface area contributed by atoms with Crippen molar-refractivity contribution in [1.82, 2.24) is 15.1 Å². The summed E-state index contributed by atoms with van der Waals surface area (Å²) >= 11 is 0. The second-order valence-corrected chi connectivity index (χ2v) is 6.83. The molecule has 1 fully saturated rings. The smallest absolute Gasteiger partial charge is 0.227 e. The van der Waals surface area contributed by atoms with Gasteiger partial charge in [0.2, 0.25) is 5.91 Å². The molecule has 0 radical (unpaired) electrons. The van der Waals surface area contributed by atoms with E-state index < -0.39 is 12.1 Å². The molecule has 2 atom stereocenters. The second-order valence-electron chi connectivity index (χ2n) is 6.83. The molecule has 1 aromatic carbocycles. The van der Waals surface area contributed by atoms with Crippen LogP contribution in [-0.2, 0) is 16.0 Å². The van der Waals surface area contributed by atoms with Gasteiger partial charge in [-0.2, -0.15) is 5.10 Å². The first kappa shape index (κ1) is 20.2. The van der Waals surface area contributed by atoms with Crippen LogP contribution in [0.4, 0.5) is 0 Å². The monoisotopic (exact) mass is 389 g/mol. The molecule has 2 heterocycles. The Morgan fingerprint density at radius 3 is 2.68 bits per heavy atom. The van der Waals surface area contributed by atoms with Crippen LogP contribution in [0, 0.1) is 13.8 Å². The molecule has 0 aliphatic carbocycles. The highest BCUT2D eigenvalue weighted by Crippen LogP contribution is 2.36. The van der Waals surface area contributed by atoms with Crippen molar-refractivity contribution < 1.29 is 24.1 Å².